The van der Waals surface area contributed by atoms with E-state index in [0.29, 0.717) is 27.2 Å². The maximum atomic E-state index is 12.1. The van der Waals surface area contributed by atoms with Gasteiger partial charge in [-0.25, -0.2) is 0 Å². The zero-order valence-electron chi connectivity index (χ0n) is 11.7. The number of hydrogen-bond acceptors (Lipinski definition) is 4. The van der Waals surface area contributed by atoms with Crippen molar-refractivity contribution >= 4 is 46.2 Å². The van der Waals surface area contributed by atoms with E-state index in [0.717, 1.165) is 4.88 Å². The highest BCUT2D eigenvalue weighted by molar-refractivity contribution is 7.14. The molecule has 1 aromatic carbocycles. The molecule has 0 bridgehead atoms. The van der Waals surface area contributed by atoms with Gasteiger partial charge in [0.05, 0.1) is 16.4 Å². The second kappa shape index (κ2) is 7.63. The maximum Gasteiger partial charge on any atom is 0.217 e. The largest absolute Gasteiger partial charge is 0.484 e. The highest BCUT2D eigenvalue weighted by Crippen LogP contribution is 2.28. The van der Waals surface area contributed by atoms with Crippen LogP contribution in [0.25, 0.3) is 0 Å². The number of Topliss-reactive ketones (excluding diaryl/α,β-unsaturated/α-hetero) is 1. The van der Waals surface area contributed by atoms with Crippen molar-refractivity contribution in [2.24, 2.45) is 0 Å². The SMILES string of the molecule is CC(=O)NCc1ccc(C(=O)COc2cc(Cl)ccc2Cl)s1. The molecule has 0 saturated carbocycles. The predicted octanol–water partition coefficient (Wildman–Crippen LogP) is 3.95. The van der Waals surface area contributed by atoms with Gasteiger partial charge in [-0.3, -0.25) is 9.59 Å². The van der Waals surface area contributed by atoms with E-state index >= 15 is 0 Å². The summed E-state index contributed by atoms with van der Waals surface area (Å²) in [6, 6.07) is 8.34. The minimum absolute atomic E-state index is 0.111. The Hall–Kier alpha value is -1.56. The normalized spacial score (nSPS) is 10.3. The number of carbonyl (C=O) groups is 2. The highest BCUT2D eigenvalue weighted by atomic mass is 35.5. The molecule has 116 valence electrons. The third kappa shape index (κ3) is 4.73. The lowest BCUT2D eigenvalue weighted by molar-refractivity contribution is -0.119. The van der Waals surface area contributed by atoms with E-state index in [1.165, 1.54) is 18.3 Å². The number of carbonyl (C=O) groups excluding carboxylic acids is 2. The van der Waals surface area contributed by atoms with Gasteiger partial charge in [0.1, 0.15) is 5.75 Å². The summed E-state index contributed by atoms with van der Waals surface area (Å²) in [7, 11) is 0. The quantitative estimate of drug-likeness (QED) is 0.796. The fourth-order valence-electron chi connectivity index (χ4n) is 1.64. The Morgan fingerprint density at radius 3 is 2.73 bits per heavy atom. The lowest BCUT2D eigenvalue weighted by atomic mass is 10.3. The van der Waals surface area contributed by atoms with Crippen LogP contribution in [0.4, 0.5) is 0 Å². The van der Waals surface area contributed by atoms with Crippen molar-refractivity contribution in [2.45, 2.75) is 13.5 Å². The molecule has 1 amide bonds. The van der Waals surface area contributed by atoms with Crippen LogP contribution in [0, 0.1) is 0 Å². The molecule has 0 aliphatic rings. The van der Waals surface area contributed by atoms with Gasteiger partial charge in [0, 0.05) is 22.9 Å². The monoisotopic (exact) mass is 357 g/mol. The second-order valence-electron chi connectivity index (χ2n) is 4.46. The van der Waals surface area contributed by atoms with Gasteiger partial charge < -0.3 is 10.1 Å². The molecule has 0 unspecified atom stereocenters. The predicted molar refractivity (Wildman–Crippen MR) is 88.1 cm³/mol. The fraction of sp³-hybridized carbons (Fsp3) is 0.200. The first-order valence-corrected chi connectivity index (χ1v) is 7.97. The molecule has 2 aromatic rings. The maximum absolute atomic E-state index is 12.1. The van der Waals surface area contributed by atoms with Crippen LogP contribution < -0.4 is 10.1 Å². The molecule has 1 N–H and O–H groups in total. The molecule has 22 heavy (non-hydrogen) atoms. The Kier molecular flexibility index (Phi) is 5.83. The van der Waals surface area contributed by atoms with Crippen LogP contribution in [0.1, 0.15) is 21.5 Å². The number of amides is 1. The van der Waals surface area contributed by atoms with Crippen molar-refractivity contribution < 1.29 is 14.3 Å². The summed E-state index contributed by atoms with van der Waals surface area (Å²) in [6.07, 6.45) is 0. The fourth-order valence-corrected chi connectivity index (χ4v) is 2.84. The number of hydrogen-bond donors (Lipinski definition) is 1. The van der Waals surface area contributed by atoms with Gasteiger partial charge in [0.25, 0.3) is 0 Å². The summed E-state index contributed by atoms with van der Waals surface area (Å²) in [4.78, 5) is 24.4. The van der Waals surface area contributed by atoms with E-state index in [-0.39, 0.29) is 18.3 Å². The molecule has 4 nitrogen and oxygen atoms in total. The number of benzene rings is 1. The Morgan fingerprint density at radius 2 is 2.00 bits per heavy atom. The Morgan fingerprint density at radius 1 is 1.23 bits per heavy atom. The smallest absolute Gasteiger partial charge is 0.217 e. The second-order valence-corrected chi connectivity index (χ2v) is 6.47. The first kappa shape index (κ1) is 16.8. The molecule has 0 aliphatic heterocycles. The number of ether oxygens (including phenoxy) is 1. The average molecular weight is 358 g/mol. The van der Waals surface area contributed by atoms with Crippen LogP contribution in [0.2, 0.25) is 10.0 Å². The average Bonchev–Trinajstić information content (AvgIpc) is 2.94. The topological polar surface area (TPSA) is 55.4 Å². The Balaban J connectivity index is 1.95. The van der Waals surface area contributed by atoms with E-state index < -0.39 is 0 Å². The lowest BCUT2D eigenvalue weighted by Crippen LogP contribution is -2.18. The van der Waals surface area contributed by atoms with E-state index in [1.54, 1.807) is 30.3 Å². The number of rotatable bonds is 6. The number of halogens is 2. The van der Waals surface area contributed by atoms with E-state index in [9.17, 15) is 9.59 Å². The first-order chi connectivity index (χ1) is 10.5. The summed E-state index contributed by atoms with van der Waals surface area (Å²) in [5.74, 6) is 0.105. The van der Waals surface area contributed by atoms with Crippen molar-refractivity contribution in [1.82, 2.24) is 5.32 Å². The number of thiophene rings is 1. The third-order valence-corrected chi connectivity index (χ3v) is 4.37. The highest BCUT2D eigenvalue weighted by Gasteiger charge is 2.12. The van der Waals surface area contributed by atoms with Crippen molar-refractivity contribution in [3.05, 3.63) is 50.1 Å². The van der Waals surface area contributed by atoms with Gasteiger partial charge in [-0.05, 0) is 24.3 Å². The summed E-state index contributed by atoms with van der Waals surface area (Å²) in [5.41, 5.74) is 0. The van der Waals surface area contributed by atoms with Gasteiger partial charge in [0.15, 0.2) is 6.61 Å². The van der Waals surface area contributed by atoms with E-state index in [4.69, 9.17) is 27.9 Å². The molecular weight excluding hydrogens is 345 g/mol. The van der Waals surface area contributed by atoms with Crippen LogP contribution >= 0.6 is 34.5 Å². The summed E-state index contributed by atoms with van der Waals surface area (Å²) in [5, 5.41) is 3.57. The third-order valence-electron chi connectivity index (χ3n) is 2.70. The summed E-state index contributed by atoms with van der Waals surface area (Å²) >= 11 is 13.1. The van der Waals surface area contributed by atoms with Crippen LogP contribution in [-0.4, -0.2) is 18.3 Å². The standard InChI is InChI=1S/C15H13Cl2NO3S/c1-9(19)18-7-11-3-5-15(22-11)13(20)8-21-14-6-10(16)2-4-12(14)17/h2-6H,7-8H2,1H3,(H,18,19). The van der Waals surface area contributed by atoms with E-state index in [1.807, 2.05) is 0 Å². The molecular formula is C15H13Cl2NO3S. The molecule has 0 radical (unpaired) electrons. The summed E-state index contributed by atoms with van der Waals surface area (Å²) < 4.78 is 5.41. The molecule has 2 rings (SSSR count). The van der Waals surface area contributed by atoms with Crippen molar-refractivity contribution in [3.63, 3.8) is 0 Å². The van der Waals surface area contributed by atoms with Gasteiger partial charge in [-0.2, -0.15) is 0 Å². The van der Waals surface area contributed by atoms with Gasteiger partial charge in [-0.15, -0.1) is 11.3 Å². The van der Waals surface area contributed by atoms with E-state index in [2.05, 4.69) is 5.32 Å². The van der Waals surface area contributed by atoms with Crippen LogP contribution in [0.3, 0.4) is 0 Å². The Labute approximate surface area is 142 Å². The number of nitrogens with one attached hydrogen (secondary N) is 1. The molecule has 0 saturated heterocycles. The van der Waals surface area contributed by atoms with Crippen LogP contribution in [0.5, 0.6) is 5.75 Å². The minimum Gasteiger partial charge on any atom is -0.484 e. The van der Waals surface area contributed by atoms with Crippen molar-refractivity contribution in [2.75, 3.05) is 6.61 Å². The van der Waals surface area contributed by atoms with Gasteiger partial charge in [0.2, 0.25) is 11.7 Å². The first-order valence-electron chi connectivity index (χ1n) is 6.40. The summed E-state index contributed by atoms with van der Waals surface area (Å²) in [6.45, 7) is 1.73. The van der Waals surface area contributed by atoms with Crippen molar-refractivity contribution in [1.29, 1.82) is 0 Å². The molecule has 0 fully saturated rings. The zero-order valence-corrected chi connectivity index (χ0v) is 14.0. The molecule has 0 spiro atoms. The lowest BCUT2D eigenvalue weighted by Gasteiger charge is -2.06. The van der Waals surface area contributed by atoms with Gasteiger partial charge in [-0.1, -0.05) is 23.2 Å². The molecule has 1 aromatic heterocycles. The van der Waals surface area contributed by atoms with Crippen molar-refractivity contribution in [3.8, 4) is 5.75 Å². The minimum atomic E-state index is -0.157. The number of ketones is 1. The molecule has 1 heterocycles. The zero-order chi connectivity index (χ0) is 16.1. The Bertz CT molecular complexity index is 700. The van der Waals surface area contributed by atoms with Gasteiger partial charge >= 0.3 is 0 Å². The molecule has 0 aliphatic carbocycles. The molecule has 0 atom stereocenters. The van der Waals surface area contributed by atoms with Crippen LogP contribution in [0.15, 0.2) is 30.3 Å². The molecule has 7 heteroatoms. The van der Waals surface area contributed by atoms with Crippen LogP contribution in [-0.2, 0) is 11.3 Å².